The van der Waals surface area contributed by atoms with Gasteiger partial charge in [0.15, 0.2) is 0 Å². The molecule has 0 spiro atoms. The Bertz CT molecular complexity index is 484. The van der Waals surface area contributed by atoms with Gasteiger partial charge in [-0.15, -0.1) is 0 Å². The third kappa shape index (κ3) is 5.95. The van der Waals surface area contributed by atoms with Gasteiger partial charge in [0.1, 0.15) is 19.0 Å². The van der Waals surface area contributed by atoms with Crippen molar-refractivity contribution in [1.29, 1.82) is 0 Å². The molecule has 1 aromatic carbocycles. The van der Waals surface area contributed by atoms with Crippen LogP contribution in [0.1, 0.15) is 37.0 Å². The fraction of sp³-hybridized carbons (Fsp3) is 0.500. The lowest BCUT2D eigenvalue weighted by Gasteiger charge is -2.13. The van der Waals surface area contributed by atoms with Crippen molar-refractivity contribution in [2.75, 3.05) is 13.2 Å². The zero-order chi connectivity index (χ0) is 15.8. The molecule has 0 aliphatic carbocycles. The van der Waals surface area contributed by atoms with Gasteiger partial charge in [-0.05, 0) is 49.1 Å². The molecule has 1 aromatic rings. The molecule has 0 atom stereocenters. The van der Waals surface area contributed by atoms with Gasteiger partial charge in [0, 0.05) is 13.5 Å². The molecule has 0 aliphatic rings. The minimum Gasteiger partial charge on any atom is -0.461 e. The van der Waals surface area contributed by atoms with Crippen LogP contribution in [0.5, 0.6) is 5.75 Å². The molecule has 0 unspecified atom stereocenters. The molecule has 0 aromatic heterocycles. The molecule has 1 rings (SSSR count). The molecule has 0 saturated heterocycles. The van der Waals surface area contributed by atoms with Gasteiger partial charge in [-0.3, -0.25) is 4.79 Å². The molecule has 21 heavy (non-hydrogen) atoms. The fourth-order valence-electron chi connectivity index (χ4n) is 1.91. The summed E-state index contributed by atoms with van der Waals surface area (Å²) >= 11 is 0. The molecule has 0 saturated carbocycles. The predicted molar refractivity (Wildman–Crippen MR) is 78.1 cm³/mol. The maximum Gasteiger partial charge on any atom is 0.337 e. The Morgan fingerprint density at radius 1 is 1.14 bits per heavy atom. The summed E-state index contributed by atoms with van der Waals surface area (Å²) in [5, 5.41) is 0. The highest BCUT2D eigenvalue weighted by Crippen LogP contribution is 2.25. The second-order valence-electron chi connectivity index (χ2n) is 4.87. The number of carbonyl (C=O) groups excluding carboxylic acids is 2. The Morgan fingerprint density at radius 2 is 1.76 bits per heavy atom. The van der Waals surface area contributed by atoms with E-state index in [0.29, 0.717) is 12.4 Å². The van der Waals surface area contributed by atoms with Crippen LogP contribution in [-0.2, 0) is 25.7 Å². The van der Waals surface area contributed by atoms with Crippen molar-refractivity contribution in [2.24, 2.45) is 0 Å². The maximum absolute atomic E-state index is 11.7. The SMILES string of the molecule is CCCOCC(=O)Oc1c(C)cc(COC(C)=O)cc1C. The summed E-state index contributed by atoms with van der Waals surface area (Å²) in [6, 6.07) is 3.68. The minimum atomic E-state index is -0.414. The third-order valence-electron chi connectivity index (χ3n) is 2.75. The molecular weight excluding hydrogens is 272 g/mol. The van der Waals surface area contributed by atoms with Gasteiger partial charge in [-0.25, -0.2) is 4.79 Å². The summed E-state index contributed by atoms with van der Waals surface area (Å²) in [6.07, 6.45) is 0.857. The van der Waals surface area contributed by atoms with E-state index < -0.39 is 5.97 Å². The molecule has 0 bridgehead atoms. The van der Waals surface area contributed by atoms with Crippen LogP contribution >= 0.6 is 0 Å². The first-order valence-corrected chi connectivity index (χ1v) is 6.96. The normalized spacial score (nSPS) is 10.3. The number of ether oxygens (including phenoxy) is 3. The molecule has 0 N–H and O–H groups in total. The van der Waals surface area contributed by atoms with Gasteiger partial charge < -0.3 is 14.2 Å². The number of hydrogen-bond acceptors (Lipinski definition) is 5. The van der Waals surface area contributed by atoms with E-state index in [1.54, 1.807) is 0 Å². The summed E-state index contributed by atoms with van der Waals surface area (Å²) in [5.74, 6) is -0.206. The average molecular weight is 294 g/mol. The largest absolute Gasteiger partial charge is 0.461 e. The van der Waals surface area contributed by atoms with Crippen LogP contribution in [0.15, 0.2) is 12.1 Å². The Kier molecular flexibility index (Phi) is 6.88. The zero-order valence-electron chi connectivity index (χ0n) is 13.0. The monoisotopic (exact) mass is 294 g/mol. The molecule has 5 nitrogen and oxygen atoms in total. The minimum absolute atomic E-state index is 0.0537. The highest BCUT2D eigenvalue weighted by molar-refractivity contribution is 5.74. The maximum atomic E-state index is 11.7. The molecule has 0 amide bonds. The van der Waals surface area contributed by atoms with Gasteiger partial charge in [0.2, 0.25) is 0 Å². The lowest BCUT2D eigenvalue weighted by atomic mass is 10.1. The van der Waals surface area contributed by atoms with E-state index in [0.717, 1.165) is 23.1 Å². The standard InChI is InChI=1S/C16H22O5/c1-5-6-19-10-15(18)21-16-11(2)7-14(8-12(16)3)9-20-13(4)17/h7-8H,5-6,9-10H2,1-4H3. The highest BCUT2D eigenvalue weighted by atomic mass is 16.6. The van der Waals surface area contributed by atoms with Crippen molar-refractivity contribution in [3.05, 3.63) is 28.8 Å². The number of carbonyl (C=O) groups is 2. The van der Waals surface area contributed by atoms with Gasteiger partial charge in [-0.2, -0.15) is 0 Å². The summed E-state index contributed by atoms with van der Waals surface area (Å²) in [6.45, 7) is 7.73. The molecule has 5 heteroatoms. The molecular formula is C16H22O5. The first kappa shape index (κ1) is 17.2. The van der Waals surface area contributed by atoms with Crippen molar-refractivity contribution in [3.63, 3.8) is 0 Å². The number of hydrogen-bond donors (Lipinski definition) is 0. The van der Waals surface area contributed by atoms with Crippen LogP contribution < -0.4 is 4.74 Å². The van der Waals surface area contributed by atoms with Gasteiger partial charge in [0.05, 0.1) is 0 Å². The van der Waals surface area contributed by atoms with E-state index in [-0.39, 0.29) is 19.2 Å². The Labute approximate surface area is 125 Å². The quantitative estimate of drug-likeness (QED) is 0.439. The van der Waals surface area contributed by atoms with Crippen LogP contribution in [-0.4, -0.2) is 25.2 Å². The van der Waals surface area contributed by atoms with Crippen molar-refractivity contribution in [2.45, 2.75) is 40.7 Å². The van der Waals surface area contributed by atoms with E-state index in [1.807, 2.05) is 32.9 Å². The smallest absolute Gasteiger partial charge is 0.337 e. The third-order valence-corrected chi connectivity index (χ3v) is 2.75. The van der Waals surface area contributed by atoms with Crippen molar-refractivity contribution in [1.82, 2.24) is 0 Å². The first-order valence-electron chi connectivity index (χ1n) is 6.96. The second kappa shape index (κ2) is 8.42. The second-order valence-corrected chi connectivity index (χ2v) is 4.87. The van der Waals surface area contributed by atoms with Crippen LogP contribution in [0.4, 0.5) is 0 Å². The first-order chi connectivity index (χ1) is 9.93. The van der Waals surface area contributed by atoms with Gasteiger partial charge in [0.25, 0.3) is 0 Å². The van der Waals surface area contributed by atoms with Crippen LogP contribution in [0.3, 0.4) is 0 Å². The number of benzene rings is 1. The lowest BCUT2D eigenvalue weighted by Crippen LogP contribution is -2.17. The molecule has 0 fully saturated rings. The zero-order valence-corrected chi connectivity index (χ0v) is 13.0. The van der Waals surface area contributed by atoms with Gasteiger partial charge in [-0.1, -0.05) is 6.92 Å². The number of aryl methyl sites for hydroxylation is 2. The summed E-state index contributed by atoms with van der Waals surface area (Å²) in [5.41, 5.74) is 2.50. The topological polar surface area (TPSA) is 61.8 Å². The summed E-state index contributed by atoms with van der Waals surface area (Å²) in [7, 11) is 0. The Morgan fingerprint density at radius 3 is 2.29 bits per heavy atom. The average Bonchev–Trinajstić information content (AvgIpc) is 2.41. The molecule has 116 valence electrons. The van der Waals surface area contributed by atoms with Crippen LogP contribution in [0, 0.1) is 13.8 Å². The predicted octanol–water partition coefficient (Wildman–Crippen LogP) is 2.70. The Balaban J connectivity index is 2.71. The molecule has 0 aliphatic heterocycles. The van der Waals surface area contributed by atoms with E-state index in [4.69, 9.17) is 14.2 Å². The molecule has 0 heterocycles. The van der Waals surface area contributed by atoms with E-state index >= 15 is 0 Å². The lowest BCUT2D eigenvalue weighted by molar-refractivity contribution is -0.142. The fourth-order valence-corrected chi connectivity index (χ4v) is 1.91. The van der Waals surface area contributed by atoms with E-state index in [1.165, 1.54) is 6.92 Å². The van der Waals surface area contributed by atoms with Crippen LogP contribution in [0.2, 0.25) is 0 Å². The van der Waals surface area contributed by atoms with E-state index in [9.17, 15) is 9.59 Å². The van der Waals surface area contributed by atoms with Crippen molar-refractivity contribution in [3.8, 4) is 5.75 Å². The molecule has 0 radical (unpaired) electrons. The van der Waals surface area contributed by atoms with E-state index in [2.05, 4.69) is 0 Å². The Hall–Kier alpha value is -1.88. The van der Waals surface area contributed by atoms with Crippen molar-refractivity contribution >= 4 is 11.9 Å². The van der Waals surface area contributed by atoms with Gasteiger partial charge >= 0.3 is 11.9 Å². The number of rotatable bonds is 7. The summed E-state index contributed by atoms with van der Waals surface area (Å²) in [4.78, 5) is 22.5. The summed E-state index contributed by atoms with van der Waals surface area (Å²) < 4.78 is 15.4. The van der Waals surface area contributed by atoms with Crippen molar-refractivity contribution < 1.29 is 23.8 Å². The highest BCUT2D eigenvalue weighted by Gasteiger charge is 2.12. The number of esters is 2. The van der Waals surface area contributed by atoms with Crippen LogP contribution in [0.25, 0.3) is 0 Å².